The monoisotopic (exact) mass is 348 g/mol. The number of carbonyl (C=O) groups is 1. The van der Waals surface area contributed by atoms with E-state index in [9.17, 15) is 9.59 Å². The van der Waals surface area contributed by atoms with E-state index in [1.165, 1.54) is 4.68 Å². The van der Waals surface area contributed by atoms with Gasteiger partial charge in [0.1, 0.15) is 5.82 Å². The molecule has 2 N–H and O–H groups in total. The highest BCUT2D eigenvalue weighted by Crippen LogP contribution is 2.25. The number of hydrogen-bond donors (Lipinski definition) is 1. The van der Waals surface area contributed by atoms with Gasteiger partial charge in [0.2, 0.25) is 0 Å². The van der Waals surface area contributed by atoms with Crippen molar-refractivity contribution in [2.24, 2.45) is 12.8 Å². The lowest BCUT2D eigenvalue weighted by molar-refractivity contribution is 0.0697. The smallest absolute Gasteiger partial charge is 0.336 e. The van der Waals surface area contributed by atoms with Crippen molar-refractivity contribution in [3.05, 3.63) is 28.2 Å². The summed E-state index contributed by atoms with van der Waals surface area (Å²) in [4.78, 5) is 26.6. The van der Waals surface area contributed by atoms with Crippen LogP contribution < -0.4 is 11.4 Å². The van der Waals surface area contributed by atoms with Crippen molar-refractivity contribution >= 4 is 5.91 Å². The Morgan fingerprint density at radius 3 is 2.96 bits per heavy atom. The molecule has 136 valence electrons. The Hall–Kier alpha value is -2.49. The second kappa shape index (κ2) is 7.18. The van der Waals surface area contributed by atoms with E-state index < -0.39 is 0 Å². The molecule has 0 aliphatic carbocycles. The minimum absolute atomic E-state index is 0.0469. The fourth-order valence-electron chi connectivity index (χ4n) is 3.29. The average molecular weight is 348 g/mol. The van der Waals surface area contributed by atoms with Crippen LogP contribution in [0.5, 0.6) is 0 Å². The first-order chi connectivity index (χ1) is 12.0. The lowest BCUT2D eigenvalue weighted by Crippen LogP contribution is -2.40. The third-order valence-electron chi connectivity index (χ3n) is 4.54. The lowest BCUT2D eigenvalue weighted by atomic mass is 9.97. The van der Waals surface area contributed by atoms with Gasteiger partial charge >= 0.3 is 5.69 Å². The van der Waals surface area contributed by atoms with Gasteiger partial charge in [-0.1, -0.05) is 5.21 Å². The van der Waals surface area contributed by atoms with Gasteiger partial charge in [-0.25, -0.2) is 9.48 Å². The van der Waals surface area contributed by atoms with Gasteiger partial charge in [-0.15, -0.1) is 5.10 Å². The second-order valence-corrected chi connectivity index (χ2v) is 6.25. The van der Waals surface area contributed by atoms with Gasteiger partial charge in [0.15, 0.2) is 5.69 Å². The lowest BCUT2D eigenvalue weighted by Gasteiger charge is -2.31. The molecule has 10 nitrogen and oxygen atoms in total. The van der Waals surface area contributed by atoms with E-state index in [1.807, 2.05) is 6.92 Å². The van der Waals surface area contributed by atoms with Gasteiger partial charge in [0.05, 0.1) is 12.7 Å². The third kappa shape index (κ3) is 3.34. The van der Waals surface area contributed by atoms with Gasteiger partial charge in [-0.2, -0.15) is 5.10 Å². The van der Waals surface area contributed by atoms with Crippen LogP contribution in [0.25, 0.3) is 0 Å². The van der Waals surface area contributed by atoms with Crippen LogP contribution in [0.2, 0.25) is 0 Å². The van der Waals surface area contributed by atoms with Crippen molar-refractivity contribution < 1.29 is 4.79 Å². The minimum atomic E-state index is -0.144. The summed E-state index contributed by atoms with van der Waals surface area (Å²) in [5.41, 5.74) is 5.69. The molecule has 1 amide bonds. The fourth-order valence-corrected chi connectivity index (χ4v) is 3.29. The van der Waals surface area contributed by atoms with Crippen LogP contribution in [0, 0.1) is 0 Å². The predicted octanol–water partition coefficient (Wildman–Crippen LogP) is -0.828. The Morgan fingerprint density at radius 1 is 1.44 bits per heavy atom. The molecule has 1 unspecified atom stereocenters. The highest BCUT2D eigenvalue weighted by Gasteiger charge is 2.30. The van der Waals surface area contributed by atoms with Crippen molar-refractivity contribution in [3.63, 3.8) is 0 Å². The summed E-state index contributed by atoms with van der Waals surface area (Å²) < 4.78 is 4.61. The molecule has 10 heteroatoms. The molecule has 2 aromatic rings. The Kier molecular flexibility index (Phi) is 4.98. The van der Waals surface area contributed by atoms with Crippen molar-refractivity contribution in [3.8, 4) is 0 Å². The summed E-state index contributed by atoms with van der Waals surface area (Å²) in [6.45, 7) is 4.66. The summed E-state index contributed by atoms with van der Waals surface area (Å²) >= 11 is 0. The van der Waals surface area contributed by atoms with E-state index in [1.54, 1.807) is 27.4 Å². The normalized spacial score (nSPS) is 17.9. The Bertz CT molecular complexity index is 805. The third-order valence-corrected chi connectivity index (χ3v) is 4.54. The van der Waals surface area contributed by atoms with Crippen LogP contribution in [0.4, 0.5) is 0 Å². The number of nitrogens with two attached hydrogens (primary N) is 1. The Morgan fingerprint density at radius 2 is 2.24 bits per heavy atom. The van der Waals surface area contributed by atoms with E-state index in [0.717, 1.165) is 18.7 Å². The molecule has 0 aromatic carbocycles. The van der Waals surface area contributed by atoms with Crippen LogP contribution in [0.1, 0.15) is 42.0 Å². The largest absolute Gasteiger partial charge is 0.345 e. The molecule has 1 saturated heterocycles. The molecular weight excluding hydrogens is 324 g/mol. The summed E-state index contributed by atoms with van der Waals surface area (Å²) in [5, 5.41) is 12.3. The SMILES string of the molecule is CCn1c(C2CCCN(C(=O)c3cn(CCN)nn3)C2)nn(C)c1=O. The summed E-state index contributed by atoms with van der Waals surface area (Å²) in [7, 11) is 1.65. The maximum absolute atomic E-state index is 12.7. The molecule has 1 aliphatic heterocycles. The standard InChI is InChI=1S/C15H24N8O2/c1-3-23-13(18-20(2)15(23)25)11-5-4-7-21(9-11)14(24)12-10-22(8-6-16)19-17-12/h10-11H,3-9,16H2,1-2H3. The Balaban J connectivity index is 1.77. The van der Waals surface area contributed by atoms with Gasteiger partial charge in [-0.05, 0) is 19.8 Å². The molecule has 2 aromatic heterocycles. The first-order valence-electron chi connectivity index (χ1n) is 8.58. The predicted molar refractivity (Wildman–Crippen MR) is 90.1 cm³/mol. The van der Waals surface area contributed by atoms with E-state index in [0.29, 0.717) is 38.4 Å². The maximum atomic E-state index is 12.7. The molecule has 1 aliphatic rings. The molecule has 1 atom stereocenters. The van der Waals surface area contributed by atoms with E-state index in [-0.39, 0.29) is 17.5 Å². The van der Waals surface area contributed by atoms with Crippen LogP contribution in [0.3, 0.4) is 0 Å². The number of piperidine rings is 1. The number of nitrogens with zero attached hydrogens (tertiary/aromatic N) is 7. The molecule has 0 saturated carbocycles. The molecular formula is C15H24N8O2. The van der Waals surface area contributed by atoms with Gasteiger partial charge < -0.3 is 10.6 Å². The number of aryl methyl sites for hydroxylation is 1. The molecule has 1 fully saturated rings. The minimum Gasteiger partial charge on any atom is -0.336 e. The van der Waals surface area contributed by atoms with E-state index in [2.05, 4.69) is 15.4 Å². The number of hydrogen-bond acceptors (Lipinski definition) is 6. The first kappa shape index (κ1) is 17.3. The van der Waals surface area contributed by atoms with E-state index in [4.69, 9.17) is 5.73 Å². The quantitative estimate of drug-likeness (QED) is 0.754. The van der Waals surface area contributed by atoms with Crippen LogP contribution in [0.15, 0.2) is 11.0 Å². The van der Waals surface area contributed by atoms with Gasteiger partial charge in [0.25, 0.3) is 5.91 Å². The zero-order chi connectivity index (χ0) is 18.0. The van der Waals surface area contributed by atoms with Crippen LogP contribution in [-0.2, 0) is 20.1 Å². The number of likely N-dealkylation sites (tertiary alicyclic amines) is 1. The summed E-state index contributed by atoms with van der Waals surface area (Å²) in [5.74, 6) is 0.652. The maximum Gasteiger partial charge on any atom is 0.345 e. The number of amides is 1. The van der Waals surface area contributed by atoms with Crippen LogP contribution >= 0.6 is 0 Å². The molecule has 0 bridgehead atoms. The Labute approximate surface area is 145 Å². The van der Waals surface area contributed by atoms with E-state index >= 15 is 0 Å². The molecule has 25 heavy (non-hydrogen) atoms. The zero-order valence-electron chi connectivity index (χ0n) is 14.6. The topological polar surface area (TPSA) is 117 Å². The van der Waals surface area contributed by atoms with Crippen molar-refractivity contribution in [1.82, 2.24) is 34.2 Å². The van der Waals surface area contributed by atoms with Crippen LogP contribution in [-0.4, -0.2) is 59.8 Å². The van der Waals surface area contributed by atoms with Gasteiger partial charge in [-0.3, -0.25) is 14.0 Å². The number of carbonyl (C=O) groups excluding carboxylic acids is 1. The van der Waals surface area contributed by atoms with Crippen molar-refractivity contribution in [1.29, 1.82) is 0 Å². The molecule has 3 heterocycles. The number of rotatable bonds is 5. The fraction of sp³-hybridized carbons (Fsp3) is 0.667. The highest BCUT2D eigenvalue weighted by molar-refractivity contribution is 5.92. The first-order valence-corrected chi connectivity index (χ1v) is 8.58. The molecule has 0 spiro atoms. The molecule has 3 rings (SSSR count). The highest BCUT2D eigenvalue weighted by atomic mass is 16.2. The zero-order valence-corrected chi connectivity index (χ0v) is 14.6. The number of aromatic nitrogens is 6. The summed E-state index contributed by atoms with van der Waals surface area (Å²) in [6, 6.07) is 0. The van der Waals surface area contributed by atoms with Gasteiger partial charge in [0, 0.05) is 39.1 Å². The van der Waals surface area contributed by atoms with Crippen molar-refractivity contribution in [2.75, 3.05) is 19.6 Å². The molecule has 0 radical (unpaired) electrons. The summed E-state index contributed by atoms with van der Waals surface area (Å²) in [6.07, 6.45) is 3.39. The average Bonchev–Trinajstić information content (AvgIpc) is 3.20. The second-order valence-electron chi connectivity index (χ2n) is 6.25. The van der Waals surface area contributed by atoms with Crippen molar-refractivity contribution in [2.45, 2.75) is 38.8 Å².